The molecule has 0 bridgehead atoms. The summed E-state index contributed by atoms with van der Waals surface area (Å²) in [7, 11) is 0. The number of hydrogen-bond donors (Lipinski definition) is 2. The van der Waals surface area contributed by atoms with Crippen molar-refractivity contribution < 1.29 is 24.0 Å². The van der Waals surface area contributed by atoms with Crippen LogP contribution in [-0.4, -0.2) is 44.8 Å². The summed E-state index contributed by atoms with van der Waals surface area (Å²) in [6, 6.07) is 5.18. The van der Waals surface area contributed by atoms with E-state index in [1.807, 2.05) is 0 Å². The van der Waals surface area contributed by atoms with E-state index in [2.05, 4.69) is 15.3 Å². The van der Waals surface area contributed by atoms with Crippen molar-refractivity contribution in [3.63, 3.8) is 0 Å². The number of fused-ring (bicyclic) bond motifs is 1. The van der Waals surface area contributed by atoms with E-state index in [1.54, 1.807) is 12.1 Å². The van der Waals surface area contributed by atoms with Gasteiger partial charge in [0.15, 0.2) is 0 Å². The lowest BCUT2D eigenvalue weighted by Crippen LogP contribution is -2.48. The number of aromatic nitrogens is 2. The van der Waals surface area contributed by atoms with E-state index in [0.717, 1.165) is 32.1 Å². The normalized spacial score (nSPS) is 17.5. The van der Waals surface area contributed by atoms with Gasteiger partial charge in [0, 0.05) is 24.2 Å². The van der Waals surface area contributed by atoms with E-state index in [-0.39, 0.29) is 29.4 Å². The number of hydrogen-bond acceptors (Lipinski definition) is 6. The third kappa shape index (κ3) is 3.96. The van der Waals surface area contributed by atoms with E-state index in [4.69, 9.17) is 4.84 Å². The van der Waals surface area contributed by atoms with Gasteiger partial charge in [-0.05, 0) is 25.0 Å². The van der Waals surface area contributed by atoms with Crippen LogP contribution in [0.5, 0.6) is 0 Å². The maximum Gasteiger partial charge on any atom is 0.355 e. The van der Waals surface area contributed by atoms with Crippen molar-refractivity contribution in [3.8, 4) is 0 Å². The summed E-state index contributed by atoms with van der Waals surface area (Å²) in [5.74, 6) is -2.68. The smallest absolute Gasteiger partial charge is 0.348 e. The lowest BCUT2D eigenvalue weighted by molar-refractivity contribution is -0.172. The topological polar surface area (TPSA) is 121 Å². The fraction of sp³-hybridized carbons (Fsp3) is 0.381. The van der Waals surface area contributed by atoms with Crippen molar-refractivity contribution in [2.45, 2.75) is 44.6 Å². The van der Waals surface area contributed by atoms with Gasteiger partial charge in [-0.3, -0.25) is 14.4 Å². The molecular formula is C21H22N4O5. The van der Waals surface area contributed by atoms with Crippen molar-refractivity contribution in [1.82, 2.24) is 20.3 Å². The lowest BCUT2D eigenvalue weighted by Gasteiger charge is -2.24. The molecule has 1 aromatic carbocycles. The molecule has 1 aromatic heterocycles. The van der Waals surface area contributed by atoms with Crippen molar-refractivity contribution in [2.24, 2.45) is 5.92 Å². The Morgan fingerprint density at radius 2 is 1.80 bits per heavy atom. The molecule has 2 heterocycles. The Kier molecular flexibility index (Phi) is 5.60. The van der Waals surface area contributed by atoms with Crippen LogP contribution >= 0.6 is 0 Å². The molecule has 1 aliphatic carbocycles. The number of carbonyl (C=O) groups is 4. The number of H-pyrrole nitrogens is 1. The molecule has 1 saturated carbocycles. The van der Waals surface area contributed by atoms with E-state index in [0.29, 0.717) is 10.8 Å². The van der Waals surface area contributed by atoms with E-state index in [1.165, 1.54) is 24.7 Å². The minimum Gasteiger partial charge on any atom is -0.348 e. The molecule has 30 heavy (non-hydrogen) atoms. The predicted molar refractivity (Wildman–Crippen MR) is 104 cm³/mol. The van der Waals surface area contributed by atoms with Crippen LogP contribution in [0.3, 0.4) is 0 Å². The molecule has 9 heteroatoms. The lowest BCUT2D eigenvalue weighted by atomic mass is 9.88. The highest BCUT2D eigenvalue weighted by molar-refractivity contribution is 6.20. The standard InChI is InChI=1S/C21H22N4O5/c26-18(13-6-2-1-3-7-13)24-17(10-14-11-22-12-23-14)21(29)30-25-19(27)15-8-4-5-9-16(15)20(25)28/h4-5,8-9,11-13,17H,1-3,6-7,10H2,(H,22,23)(H,24,26)/t17-/m0/s1. The van der Waals surface area contributed by atoms with Crippen molar-refractivity contribution in [1.29, 1.82) is 0 Å². The number of carbonyl (C=O) groups excluding carboxylic acids is 4. The summed E-state index contributed by atoms with van der Waals surface area (Å²) in [6.45, 7) is 0. The molecule has 1 aliphatic heterocycles. The fourth-order valence-corrected chi connectivity index (χ4v) is 3.87. The Labute approximate surface area is 172 Å². The quantitative estimate of drug-likeness (QED) is 0.700. The number of nitrogens with zero attached hydrogens (tertiary/aromatic N) is 2. The monoisotopic (exact) mass is 410 g/mol. The summed E-state index contributed by atoms with van der Waals surface area (Å²) in [5, 5.41) is 3.20. The molecule has 2 N–H and O–H groups in total. The third-order valence-corrected chi connectivity index (χ3v) is 5.49. The van der Waals surface area contributed by atoms with E-state index < -0.39 is 23.8 Å². The van der Waals surface area contributed by atoms with Crippen LogP contribution in [-0.2, 0) is 20.8 Å². The molecule has 2 aliphatic rings. The summed E-state index contributed by atoms with van der Waals surface area (Å²) < 4.78 is 0. The fourth-order valence-electron chi connectivity index (χ4n) is 3.87. The first-order chi connectivity index (χ1) is 14.5. The van der Waals surface area contributed by atoms with Gasteiger partial charge in [-0.25, -0.2) is 9.78 Å². The summed E-state index contributed by atoms with van der Waals surface area (Å²) >= 11 is 0. The second kappa shape index (κ2) is 8.48. The van der Waals surface area contributed by atoms with Gasteiger partial charge in [0.25, 0.3) is 11.8 Å². The Morgan fingerprint density at radius 3 is 2.40 bits per heavy atom. The molecule has 1 fully saturated rings. The number of imide groups is 1. The zero-order valence-corrected chi connectivity index (χ0v) is 16.3. The van der Waals surface area contributed by atoms with Crippen LogP contribution in [0.4, 0.5) is 0 Å². The zero-order chi connectivity index (χ0) is 21.1. The summed E-state index contributed by atoms with van der Waals surface area (Å²) in [4.78, 5) is 62.5. The van der Waals surface area contributed by atoms with Crippen molar-refractivity contribution >= 4 is 23.7 Å². The SMILES string of the molecule is O=C(N[C@@H](Cc1cnc[nH]1)C(=O)ON1C(=O)c2ccccc2C1=O)C1CCCCC1. The zero-order valence-electron chi connectivity index (χ0n) is 16.3. The molecule has 0 spiro atoms. The molecule has 0 unspecified atom stereocenters. The Morgan fingerprint density at radius 1 is 1.13 bits per heavy atom. The van der Waals surface area contributed by atoms with E-state index in [9.17, 15) is 19.2 Å². The highest BCUT2D eigenvalue weighted by Crippen LogP contribution is 2.25. The van der Waals surface area contributed by atoms with Gasteiger partial charge in [-0.15, -0.1) is 0 Å². The van der Waals surface area contributed by atoms with E-state index >= 15 is 0 Å². The van der Waals surface area contributed by atoms with Crippen LogP contribution in [0.1, 0.15) is 58.5 Å². The highest BCUT2D eigenvalue weighted by Gasteiger charge is 2.40. The van der Waals surface area contributed by atoms with Gasteiger partial charge in [-0.1, -0.05) is 36.5 Å². The van der Waals surface area contributed by atoms with Gasteiger partial charge in [0.05, 0.1) is 17.5 Å². The number of imidazole rings is 1. The molecule has 2 aromatic rings. The highest BCUT2D eigenvalue weighted by atomic mass is 16.7. The molecular weight excluding hydrogens is 388 g/mol. The second-order valence-corrected chi connectivity index (χ2v) is 7.54. The van der Waals surface area contributed by atoms with Gasteiger partial charge in [0.2, 0.25) is 5.91 Å². The molecule has 4 rings (SSSR count). The van der Waals surface area contributed by atoms with Crippen LogP contribution < -0.4 is 5.32 Å². The molecule has 9 nitrogen and oxygen atoms in total. The van der Waals surface area contributed by atoms with Crippen LogP contribution in [0.15, 0.2) is 36.8 Å². The molecule has 3 amide bonds. The Bertz CT molecular complexity index is 931. The maximum atomic E-state index is 12.9. The van der Waals surface area contributed by atoms with Gasteiger partial charge in [0.1, 0.15) is 6.04 Å². The largest absolute Gasteiger partial charge is 0.355 e. The average molecular weight is 410 g/mol. The summed E-state index contributed by atoms with van der Waals surface area (Å²) in [6.07, 6.45) is 7.70. The molecule has 156 valence electrons. The number of benzene rings is 1. The van der Waals surface area contributed by atoms with Crippen molar-refractivity contribution in [3.05, 3.63) is 53.6 Å². The number of rotatable bonds is 6. The van der Waals surface area contributed by atoms with Crippen LogP contribution in [0, 0.1) is 5.92 Å². The Balaban J connectivity index is 1.48. The first kappa shape index (κ1) is 19.8. The van der Waals surface area contributed by atoms with Crippen LogP contribution in [0.25, 0.3) is 0 Å². The minimum atomic E-state index is -1.07. The first-order valence-corrected chi connectivity index (χ1v) is 10.0. The number of aromatic amines is 1. The van der Waals surface area contributed by atoms with Gasteiger partial charge in [-0.2, -0.15) is 0 Å². The van der Waals surface area contributed by atoms with Crippen LogP contribution in [0.2, 0.25) is 0 Å². The predicted octanol–water partition coefficient (Wildman–Crippen LogP) is 1.77. The molecule has 0 radical (unpaired) electrons. The van der Waals surface area contributed by atoms with Gasteiger partial charge >= 0.3 is 5.97 Å². The first-order valence-electron chi connectivity index (χ1n) is 10.0. The number of hydroxylamine groups is 2. The minimum absolute atomic E-state index is 0.0977. The number of amides is 3. The third-order valence-electron chi connectivity index (χ3n) is 5.49. The summed E-state index contributed by atoms with van der Waals surface area (Å²) in [5.41, 5.74) is 0.960. The average Bonchev–Trinajstić information content (AvgIpc) is 3.37. The number of nitrogens with one attached hydrogen (secondary N) is 2. The van der Waals surface area contributed by atoms with Crippen molar-refractivity contribution in [2.75, 3.05) is 0 Å². The maximum absolute atomic E-state index is 12.9. The second-order valence-electron chi connectivity index (χ2n) is 7.54. The molecule has 1 atom stereocenters. The van der Waals surface area contributed by atoms with Gasteiger partial charge < -0.3 is 15.1 Å². The Hall–Kier alpha value is -3.49. The molecule has 0 saturated heterocycles.